The van der Waals surface area contributed by atoms with Crippen molar-refractivity contribution in [1.29, 1.82) is 0 Å². The minimum absolute atomic E-state index is 0.419. The van der Waals surface area contributed by atoms with Gasteiger partial charge in [-0.15, -0.1) is 0 Å². The predicted molar refractivity (Wildman–Crippen MR) is 53.5 cm³/mol. The molecule has 72 valence electrons. The fraction of sp³-hybridized carbons (Fsp3) is 0.444. The summed E-state index contributed by atoms with van der Waals surface area (Å²) < 4.78 is 1.73. The first-order valence-corrected chi connectivity index (χ1v) is 4.24. The van der Waals surface area contributed by atoms with E-state index in [1.165, 1.54) is 0 Å². The molecular weight excluding hydrogens is 178 g/mol. The molecule has 0 unspecified atom stereocenters. The molecule has 0 aliphatic heterocycles. The molecule has 5 nitrogen and oxygen atoms in total. The molecule has 0 saturated heterocycles. The third-order valence-electron chi connectivity index (χ3n) is 1.64. The second-order valence-corrected chi connectivity index (χ2v) is 2.81. The van der Waals surface area contributed by atoms with E-state index in [9.17, 15) is 0 Å². The van der Waals surface area contributed by atoms with E-state index < -0.39 is 0 Å². The SMILES string of the molecule is Cc1nn(C)cc1C#CCCN=[N+]=[N-]. The lowest BCUT2D eigenvalue weighted by molar-refractivity contribution is 0.756. The first kappa shape index (κ1) is 10.2. The van der Waals surface area contributed by atoms with E-state index in [0.29, 0.717) is 13.0 Å². The van der Waals surface area contributed by atoms with Crippen LogP contribution in [0.2, 0.25) is 0 Å². The Hall–Kier alpha value is -1.92. The molecule has 5 heteroatoms. The minimum atomic E-state index is 0.419. The topological polar surface area (TPSA) is 66.6 Å². The molecule has 0 amide bonds. The highest BCUT2D eigenvalue weighted by Gasteiger charge is 1.97. The van der Waals surface area contributed by atoms with Crippen molar-refractivity contribution in [2.75, 3.05) is 6.54 Å². The van der Waals surface area contributed by atoms with Crippen LogP contribution in [0.4, 0.5) is 0 Å². The molecule has 1 aromatic rings. The highest BCUT2D eigenvalue weighted by Crippen LogP contribution is 2.01. The molecule has 0 radical (unpaired) electrons. The molecule has 0 aromatic carbocycles. The average molecular weight is 189 g/mol. The number of hydrogen-bond donors (Lipinski definition) is 0. The van der Waals surface area contributed by atoms with Crippen molar-refractivity contribution in [1.82, 2.24) is 9.78 Å². The largest absolute Gasteiger partial charge is 0.274 e. The third-order valence-corrected chi connectivity index (χ3v) is 1.64. The van der Waals surface area contributed by atoms with Crippen molar-refractivity contribution in [2.45, 2.75) is 13.3 Å². The van der Waals surface area contributed by atoms with Crippen LogP contribution in [0.5, 0.6) is 0 Å². The van der Waals surface area contributed by atoms with E-state index in [1.54, 1.807) is 4.68 Å². The fourth-order valence-corrected chi connectivity index (χ4v) is 1.03. The number of azide groups is 1. The van der Waals surface area contributed by atoms with Crippen molar-refractivity contribution >= 4 is 0 Å². The van der Waals surface area contributed by atoms with E-state index >= 15 is 0 Å². The Morgan fingerprint density at radius 3 is 3.07 bits per heavy atom. The van der Waals surface area contributed by atoms with Gasteiger partial charge >= 0.3 is 0 Å². The van der Waals surface area contributed by atoms with Gasteiger partial charge in [-0.25, -0.2) is 0 Å². The highest BCUT2D eigenvalue weighted by molar-refractivity contribution is 5.35. The Kier molecular flexibility index (Phi) is 3.59. The Balaban J connectivity index is 2.58. The minimum Gasteiger partial charge on any atom is -0.274 e. The summed E-state index contributed by atoms with van der Waals surface area (Å²) in [6, 6.07) is 0. The van der Waals surface area contributed by atoms with Gasteiger partial charge in [0.15, 0.2) is 0 Å². The van der Waals surface area contributed by atoms with Crippen LogP contribution in [-0.2, 0) is 7.05 Å². The zero-order valence-corrected chi connectivity index (χ0v) is 8.23. The van der Waals surface area contributed by atoms with Crippen LogP contribution in [0.3, 0.4) is 0 Å². The first-order valence-electron chi connectivity index (χ1n) is 4.24. The smallest absolute Gasteiger partial charge is 0.0750 e. The van der Waals surface area contributed by atoms with Crippen LogP contribution in [0.25, 0.3) is 10.4 Å². The molecule has 1 rings (SSSR count). The first-order chi connectivity index (χ1) is 6.74. The van der Waals surface area contributed by atoms with E-state index in [0.717, 1.165) is 11.3 Å². The molecule has 0 aliphatic carbocycles. The van der Waals surface area contributed by atoms with Gasteiger partial charge in [-0.2, -0.15) is 5.10 Å². The molecule has 0 aliphatic rings. The Morgan fingerprint density at radius 2 is 2.50 bits per heavy atom. The van der Waals surface area contributed by atoms with E-state index in [-0.39, 0.29) is 0 Å². The summed E-state index contributed by atoms with van der Waals surface area (Å²) in [6.45, 7) is 2.33. The predicted octanol–water partition coefficient (Wildman–Crippen LogP) is 1.78. The van der Waals surface area contributed by atoms with Crippen molar-refractivity contribution in [3.8, 4) is 11.8 Å². The second-order valence-electron chi connectivity index (χ2n) is 2.81. The van der Waals surface area contributed by atoms with Gasteiger partial charge in [-0.1, -0.05) is 17.0 Å². The van der Waals surface area contributed by atoms with Crippen LogP contribution < -0.4 is 0 Å². The Morgan fingerprint density at radius 1 is 1.71 bits per heavy atom. The van der Waals surface area contributed by atoms with E-state index in [4.69, 9.17) is 5.53 Å². The molecule has 0 spiro atoms. The fourth-order valence-electron chi connectivity index (χ4n) is 1.03. The van der Waals surface area contributed by atoms with Crippen LogP contribution >= 0.6 is 0 Å². The van der Waals surface area contributed by atoms with Crippen LogP contribution in [0.1, 0.15) is 17.7 Å². The highest BCUT2D eigenvalue weighted by atomic mass is 15.2. The van der Waals surface area contributed by atoms with Gasteiger partial charge in [-0.05, 0) is 12.5 Å². The summed E-state index contributed by atoms with van der Waals surface area (Å²) in [5.74, 6) is 5.90. The molecular formula is C9H11N5. The summed E-state index contributed by atoms with van der Waals surface area (Å²) in [4.78, 5) is 2.64. The van der Waals surface area contributed by atoms with Gasteiger partial charge < -0.3 is 0 Å². The van der Waals surface area contributed by atoms with Crippen LogP contribution in [-0.4, -0.2) is 16.3 Å². The number of hydrogen-bond acceptors (Lipinski definition) is 2. The lowest BCUT2D eigenvalue weighted by atomic mass is 10.2. The summed E-state index contributed by atoms with van der Waals surface area (Å²) in [5, 5.41) is 7.55. The van der Waals surface area contributed by atoms with Crippen LogP contribution in [0.15, 0.2) is 11.3 Å². The summed E-state index contributed by atoms with van der Waals surface area (Å²) >= 11 is 0. The zero-order valence-electron chi connectivity index (χ0n) is 8.23. The Labute approximate surface area is 82.4 Å². The number of aryl methyl sites for hydroxylation is 2. The molecule has 1 aromatic heterocycles. The molecule has 0 bridgehead atoms. The quantitative estimate of drug-likeness (QED) is 0.230. The molecule has 0 N–H and O–H groups in total. The number of aromatic nitrogens is 2. The third kappa shape index (κ3) is 2.85. The van der Waals surface area contributed by atoms with Crippen molar-refractivity contribution in [3.05, 3.63) is 27.9 Å². The zero-order chi connectivity index (χ0) is 10.4. The lowest BCUT2D eigenvalue weighted by Crippen LogP contribution is -1.86. The average Bonchev–Trinajstić information content (AvgIpc) is 2.45. The molecule has 0 atom stereocenters. The van der Waals surface area contributed by atoms with Crippen molar-refractivity contribution < 1.29 is 0 Å². The standard InChI is InChI=1S/C9H11N5/c1-8-9(7-14(2)12-8)5-3-4-6-11-13-10/h7H,4,6H2,1-2H3. The maximum Gasteiger partial charge on any atom is 0.0750 e. The van der Waals surface area contributed by atoms with Gasteiger partial charge in [0.1, 0.15) is 0 Å². The van der Waals surface area contributed by atoms with Gasteiger partial charge in [0, 0.05) is 31.1 Å². The maximum atomic E-state index is 8.03. The monoisotopic (exact) mass is 189 g/mol. The van der Waals surface area contributed by atoms with Gasteiger partial charge in [0.2, 0.25) is 0 Å². The lowest BCUT2D eigenvalue weighted by Gasteiger charge is -1.81. The molecule has 0 fully saturated rings. The molecule has 0 saturated carbocycles. The van der Waals surface area contributed by atoms with Gasteiger partial charge in [0.05, 0.1) is 11.3 Å². The van der Waals surface area contributed by atoms with Gasteiger partial charge in [-0.3, -0.25) is 4.68 Å². The molecule has 14 heavy (non-hydrogen) atoms. The maximum absolute atomic E-state index is 8.03. The Bertz CT molecular complexity index is 414. The van der Waals surface area contributed by atoms with Crippen molar-refractivity contribution in [3.63, 3.8) is 0 Å². The summed E-state index contributed by atoms with van der Waals surface area (Å²) in [5.41, 5.74) is 9.87. The second kappa shape index (κ2) is 4.95. The van der Waals surface area contributed by atoms with E-state index in [1.807, 2.05) is 20.2 Å². The molecule has 1 heterocycles. The van der Waals surface area contributed by atoms with E-state index in [2.05, 4.69) is 27.0 Å². The van der Waals surface area contributed by atoms with Crippen molar-refractivity contribution in [2.24, 2.45) is 12.2 Å². The summed E-state index contributed by atoms with van der Waals surface area (Å²) in [7, 11) is 1.86. The number of nitrogens with zero attached hydrogens (tertiary/aromatic N) is 5. The normalized spacial score (nSPS) is 8.71. The van der Waals surface area contributed by atoms with Gasteiger partial charge in [0.25, 0.3) is 0 Å². The number of rotatable bonds is 2. The summed E-state index contributed by atoms with van der Waals surface area (Å²) in [6.07, 6.45) is 2.45. The van der Waals surface area contributed by atoms with Crippen LogP contribution in [0, 0.1) is 18.8 Å².